The van der Waals surface area contributed by atoms with E-state index >= 15 is 0 Å². The number of anilines is 1. The molecule has 0 atom stereocenters. The van der Waals surface area contributed by atoms with Gasteiger partial charge in [0.1, 0.15) is 5.75 Å². The number of aromatic nitrogens is 5. The Morgan fingerprint density at radius 1 is 1.00 bits per heavy atom. The van der Waals surface area contributed by atoms with Gasteiger partial charge < -0.3 is 10.1 Å². The number of rotatable bonds is 5. The van der Waals surface area contributed by atoms with Crippen LogP contribution >= 0.6 is 0 Å². The van der Waals surface area contributed by atoms with Gasteiger partial charge in [-0.2, -0.15) is 5.10 Å². The zero-order chi connectivity index (χ0) is 21.1. The molecule has 8 nitrogen and oxygen atoms in total. The molecule has 0 fully saturated rings. The number of ether oxygens (including phenoxy) is 1. The molecule has 3 heterocycles. The second-order valence-corrected chi connectivity index (χ2v) is 6.76. The maximum atomic E-state index is 12.7. The van der Waals surface area contributed by atoms with E-state index in [0.717, 1.165) is 11.4 Å². The Balaban J connectivity index is 1.46. The van der Waals surface area contributed by atoms with E-state index in [4.69, 9.17) is 4.74 Å². The zero-order valence-electron chi connectivity index (χ0n) is 16.8. The molecule has 1 amide bonds. The number of amides is 1. The van der Waals surface area contributed by atoms with E-state index in [1.165, 1.54) is 6.20 Å². The van der Waals surface area contributed by atoms with E-state index < -0.39 is 0 Å². The standard InChI is InChI=1S/C22H20N6O2/c1-14-12-15(2)26-22(25-14)30-18-9-7-17(8-10-18)27-21(29)19-13-24-28(16(19)3)20-6-4-5-11-23-20/h4-13H,1-3H3,(H,27,29). The van der Waals surface area contributed by atoms with Gasteiger partial charge in [0.15, 0.2) is 5.82 Å². The smallest absolute Gasteiger partial charge is 0.322 e. The van der Waals surface area contributed by atoms with Gasteiger partial charge in [0.2, 0.25) is 0 Å². The summed E-state index contributed by atoms with van der Waals surface area (Å²) < 4.78 is 7.34. The molecule has 150 valence electrons. The molecule has 1 N–H and O–H groups in total. The van der Waals surface area contributed by atoms with Crippen molar-refractivity contribution in [2.24, 2.45) is 0 Å². The van der Waals surface area contributed by atoms with Gasteiger partial charge in [-0.15, -0.1) is 0 Å². The van der Waals surface area contributed by atoms with Crippen molar-refractivity contribution in [3.63, 3.8) is 0 Å². The number of nitrogens with one attached hydrogen (secondary N) is 1. The van der Waals surface area contributed by atoms with Crippen LogP contribution in [0.5, 0.6) is 11.8 Å². The monoisotopic (exact) mass is 400 g/mol. The summed E-state index contributed by atoms with van der Waals surface area (Å²) in [6.45, 7) is 5.60. The lowest BCUT2D eigenvalue weighted by Gasteiger charge is -2.08. The third-order valence-electron chi connectivity index (χ3n) is 4.40. The Morgan fingerprint density at radius 3 is 2.40 bits per heavy atom. The van der Waals surface area contributed by atoms with Crippen molar-refractivity contribution in [1.29, 1.82) is 0 Å². The predicted octanol–water partition coefficient (Wildman–Crippen LogP) is 4.03. The Hall–Kier alpha value is -4.07. The molecule has 3 aromatic heterocycles. The Kier molecular flexibility index (Phi) is 5.21. The van der Waals surface area contributed by atoms with Gasteiger partial charge in [-0.05, 0) is 63.2 Å². The quantitative estimate of drug-likeness (QED) is 0.544. The highest BCUT2D eigenvalue weighted by molar-refractivity contribution is 6.05. The molecule has 0 radical (unpaired) electrons. The molecule has 0 aliphatic heterocycles. The third-order valence-corrected chi connectivity index (χ3v) is 4.40. The summed E-state index contributed by atoms with van der Waals surface area (Å²) in [5.41, 5.74) is 3.49. The average Bonchev–Trinajstić information content (AvgIpc) is 3.11. The molecule has 0 bridgehead atoms. The van der Waals surface area contributed by atoms with Crippen LogP contribution in [0.4, 0.5) is 5.69 Å². The normalized spacial score (nSPS) is 10.6. The molecule has 4 rings (SSSR count). The van der Waals surface area contributed by atoms with E-state index in [1.807, 2.05) is 45.0 Å². The fourth-order valence-electron chi connectivity index (χ4n) is 2.99. The Bertz CT molecular complexity index is 1170. The van der Waals surface area contributed by atoms with E-state index in [0.29, 0.717) is 34.5 Å². The fourth-order valence-corrected chi connectivity index (χ4v) is 2.99. The number of benzene rings is 1. The number of hydrogen-bond donors (Lipinski definition) is 1. The molecule has 0 aliphatic carbocycles. The van der Waals surface area contributed by atoms with Crippen LogP contribution in [0.2, 0.25) is 0 Å². The Labute approximate surface area is 173 Å². The third kappa shape index (κ3) is 4.17. The first kappa shape index (κ1) is 19.3. The number of aryl methyl sites for hydroxylation is 2. The van der Waals surface area contributed by atoms with Crippen LogP contribution in [-0.2, 0) is 0 Å². The highest BCUT2D eigenvalue weighted by Gasteiger charge is 2.16. The molecule has 0 saturated heterocycles. The van der Waals surface area contributed by atoms with E-state index in [1.54, 1.807) is 35.1 Å². The first-order chi connectivity index (χ1) is 14.5. The minimum Gasteiger partial charge on any atom is -0.424 e. The average molecular weight is 400 g/mol. The van der Waals surface area contributed by atoms with Gasteiger partial charge in [-0.3, -0.25) is 4.79 Å². The first-order valence-electron chi connectivity index (χ1n) is 9.37. The van der Waals surface area contributed by atoms with Gasteiger partial charge in [-0.1, -0.05) is 6.07 Å². The fraction of sp³-hybridized carbons (Fsp3) is 0.136. The van der Waals surface area contributed by atoms with Crippen molar-refractivity contribution >= 4 is 11.6 Å². The van der Waals surface area contributed by atoms with E-state index in [2.05, 4.69) is 25.4 Å². The molecule has 0 saturated carbocycles. The first-order valence-corrected chi connectivity index (χ1v) is 9.37. The zero-order valence-corrected chi connectivity index (χ0v) is 16.8. The molecule has 0 unspecified atom stereocenters. The molecule has 4 aromatic rings. The summed E-state index contributed by atoms with van der Waals surface area (Å²) in [4.78, 5) is 25.5. The summed E-state index contributed by atoms with van der Waals surface area (Å²) in [6.07, 6.45) is 3.22. The van der Waals surface area contributed by atoms with Crippen LogP contribution < -0.4 is 10.1 Å². The highest BCUT2D eigenvalue weighted by Crippen LogP contribution is 2.22. The topological polar surface area (TPSA) is 94.8 Å². The maximum absolute atomic E-state index is 12.7. The SMILES string of the molecule is Cc1cc(C)nc(Oc2ccc(NC(=O)c3cnn(-c4ccccn4)c3C)cc2)n1. The second kappa shape index (κ2) is 8.12. The molecule has 1 aromatic carbocycles. The van der Waals surface area contributed by atoms with Gasteiger partial charge in [-0.25, -0.2) is 19.6 Å². The number of hydrogen-bond acceptors (Lipinski definition) is 6. The van der Waals surface area contributed by atoms with Gasteiger partial charge >= 0.3 is 6.01 Å². The second-order valence-electron chi connectivity index (χ2n) is 6.76. The van der Waals surface area contributed by atoms with Crippen LogP contribution in [-0.4, -0.2) is 30.6 Å². The van der Waals surface area contributed by atoms with Crippen molar-refractivity contribution in [2.75, 3.05) is 5.32 Å². The summed E-state index contributed by atoms with van der Waals surface area (Å²) in [6, 6.07) is 14.7. The molecule has 8 heteroatoms. The maximum Gasteiger partial charge on any atom is 0.322 e. The molecular formula is C22H20N6O2. The van der Waals surface area contributed by atoms with Gasteiger partial charge in [0.25, 0.3) is 5.91 Å². The summed E-state index contributed by atoms with van der Waals surface area (Å²) >= 11 is 0. The van der Waals surface area contributed by atoms with Crippen LogP contribution in [0.25, 0.3) is 5.82 Å². The van der Waals surface area contributed by atoms with Crippen molar-refractivity contribution in [3.8, 4) is 17.6 Å². The number of carbonyl (C=O) groups is 1. The van der Waals surface area contributed by atoms with Crippen LogP contribution in [0.15, 0.2) is 60.9 Å². The predicted molar refractivity (Wildman–Crippen MR) is 112 cm³/mol. The van der Waals surface area contributed by atoms with Crippen molar-refractivity contribution < 1.29 is 9.53 Å². The van der Waals surface area contributed by atoms with Crippen LogP contribution in [0.1, 0.15) is 27.4 Å². The largest absolute Gasteiger partial charge is 0.424 e. The summed E-state index contributed by atoms with van der Waals surface area (Å²) in [5, 5.41) is 7.16. The molecule has 0 spiro atoms. The minimum absolute atomic E-state index is 0.249. The molecule has 0 aliphatic rings. The van der Waals surface area contributed by atoms with Crippen LogP contribution in [0.3, 0.4) is 0 Å². The van der Waals surface area contributed by atoms with Gasteiger partial charge in [0, 0.05) is 23.3 Å². The number of nitrogens with zero attached hydrogens (tertiary/aromatic N) is 5. The lowest BCUT2D eigenvalue weighted by Crippen LogP contribution is -2.13. The van der Waals surface area contributed by atoms with Crippen molar-refractivity contribution in [2.45, 2.75) is 20.8 Å². The van der Waals surface area contributed by atoms with Crippen molar-refractivity contribution in [3.05, 3.63) is 83.6 Å². The summed E-state index contributed by atoms with van der Waals surface area (Å²) in [5.74, 6) is 0.988. The lowest BCUT2D eigenvalue weighted by atomic mass is 10.2. The van der Waals surface area contributed by atoms with E-state index in [-0.39, 0.29) is 5.91 Å². The van der Waals surface area contributed by atoms with Crippen molar-refractivity contribution in [1.82, 2.24) is 24.7 Å². The number of pyridine rings is 1. The molecular weight excluding hydrogens is 380 g/mol. The van der Waals surface area contributed by atoms with Gasteiger partial charge in [0.05, 0.1) is 17.5 Å². The van der Waals surface area contributed by atoms with E-state index in [9.17, 15) is 4.79 Å². The minimum atomic E-state index is -0.249. The number of carbonyl (C=O) groups excluding carboxylic acids is 1. The molecule has 30 heavy (non-hydrogen) atoms. The lowest BCUT2D eigenvalue weighted by molar-refractivity contribution is 0.102. The van der Waals surface area contributed by atoms with Crippen LogP contribution in [0, 0.1) is 20.8 Å². The summed E-state index contributed by atoms with van der Waals surface area (Å²) in [7, 11) is 0. The highest BCUT2D eigenvalue weighted by atomic mass is 16.5. The Morgan fingerprint density at radius 2 is 1.73 bits per heavy atom.